The highest BCUT2D eigenvalue weighted by Crippen LogP contribution is 2.41. The normalized spacial score (nSPS) is 12.8. The number of benzene rings is 2. The van der Waals surface area contributed by atoms with E-state index in [0.29, 0.717) is 29.1 Å². The molecule has 0 spiro atoms. The van der Waals surface area contributed by atoms with Gasteiger partial charge in [0.25, 0.3) is 0 Å². The molecule has 1 aliphatic rings. The summed E-state index contributed by atoms with van der Waals surface area (Å²) >= 11 is 1.76. The van der Waals surface area contributed by atoms with Gasteiger partial charge in [-0.1, -0.05) is 24.8 Å². The topological polar surface area (TPSA) is 84.3 Å². The maximum atomic E-state index is 12.2. The Labute approximate surface area is 227 Å². The summed E-state index contributed by atoms with van der Waals surface area (Å²) in [4.78, 5) is 23.6. The smallest absolute Gasteiger partial charge is 0.247 e. The number of thioether (sulfide) groups is 1. The Morgan fingerprint density at radius 2 is 2.08 bits per heavy atom. The number of nitrogens with one attached hydrogen (secondary N) is 2. The highest BCUT2D eigenvalue weighted by Gasteiger charge is 2.26. The number of para-hydroxylation sites is 1. The van der Waals surface area contributed by atoms with Crippen LogP contribution in [0.3, 0.4) is 0 Å². The fraction of sp³-hybridized carbons (Fsp3) is 0.276. The molecule has 2 N–H and O–H groups in total. The largest absolute Gasteiger partial charge is 0.494 e. The van der Waals surface area contributed by atoms with Crippen molar-refractivity contribution in [2.24, 2.45) is 0 Å². The number of anilines is 4. The van der Waals surface area contributed by atoms with Crippen molar-refractivity contribution in [3.05, 3.63) is 67.5 Å². The van der Waals surface area contributed by atoms with Gasteiger partial charge in [-0.15, -0.1) is 0 Å². The number of nitrogens with zero attached hydrogens (tertiary/aromatic N) is 4. The monoisotopic (exact) mass is 528 g/mol. The van der Waals surface area contributed by atoms with E-state index in [9.17, 15) is 4.79 Å². The van der Waals surface area contributed by atoms with Crippen LogP contribution in [0, 0.1) is 0 Å². The zero-order valence-electron chi connectivity index (χ0n) is 21.9. The first kappa shape index (κ1) is 25.7. The standard InChI is InChI=1S/C29H32N6O2S/c1-5-28(36)31-23-16-24(27(37-3)17-26(23)34(2)14-15-38-4)33-29-30-13-12-22(32-29)21-18-35(19-10-11-19)25-9-7-6-8-20(21)25/h5-9,12-13,16-19H,1,10-11,14-15H2,2-4H3,(H,31,36)(H,30,32,33). The number of hydrogen-bond acceptors (Lipinski definition) is 7. The summed E-state index contributed by atoms with van der Waals surface area (Å²) in [7, 11) is 3.62. The Hall–Kier alpha value is -3.98. The summed E-state index contributed by atoms with van der Waals surface area (Å²) in [5.41, 5.74) is 5.28. The lowest BCUT2D eigenvalue weighted by Gasteiger charge is -2.24. The summed E-state index contributed by atoms with van der Waals surface area (Å²) in [6.07, 6.45) is 9.71. The van der Waals surface area contributed by atoms with Crippen LogP contribution in [0.2, 0.25) is 0 Å². The minimum atomic E-state index is -0.286. The minimum Gasteiger partial charge on any atom is -0.494 e. The van der Waals surface area contributed by atoms with E-state index in [4.69, 9.17) is 9.72 Å². The van der Waals surface area contributed by atoms with Gasteiger partial charge in [0.05, 0.1) is 29.9 Å². The Kier molecular flexibility index (Phi) is 7.55. The Balaban J connectivity index is 1.50. The fourth-order valence-corrected chi connectivity index (χ4v) is 4.99. The molecule has 4 aromatic rings. The molecule has 1 fully saturated rings. The lowest BCUT2D eigenvalue weighted by molar-refractivity contribution is -0.111. The first-order valence-corrected chi connectivity index (χ1v) is 14.0. The van der Waals surface area contributed by atoms with Gasteiger partial charge in [0.15, 0.2) is 0 Å². The van der Waals surface area contributed by atoms with E-state index in [1.165, 1.54) is 29.8 Å². The quantitative estimate of drug-likeness (QED) is 0.227. The minimum absolute atomic E-state index is 0.286. The predicted octanol–water partition coefficient (Wildman–Crippen LogP) is 6.11. The molecule has 0 atom stereocenters. The van der Waals surface area contributed by atoms with Crippen molar-refractivity contribution < 1.29 is 9.53 Å². The molecule has 196 valence electrons. The summed E-state index contributed by atoms with van der Waals surface area (Å²) in [6, 6.07) is 14.7. The van der Waals surface area contributed by atoms with Gasteiger partial charge in [-0.25, -0.2) is 9.97 Å². The van der Waals surface area contributed by atoms with Crippen molar-refractivity contribution in [3.63, 3.8) is 0 Å². The molecule has 2 aromatic heterocycles. The van der Waals surface area contributed by atoms with Crippen LogP contribution < -0.4 is 20.3 Å². The van der Waals surface area contributed by atoms with E-state index >= 15 is 0 Å². The second-order valence-electron chi connectivity index (χ2n) is 9.27. The van der Waals surface area contributed by atoms with E-state index in [1.54, 1.807) is 25.1 Å². The third-order valence-corrected chi connectivity index (χ3v) is 7.25. The first-order chi connectivity index (χ1) is 18.5. The van der Waals surface area contributed by atoms with E-state index in [1.807, 2.05) is 25.2 Å². The summed E-state index contributed by atoms with van der Waals surface area (Å²) in [6.45, 7) is 4.40. The number of carbonyl (C=O) groups excluding carboxylic acids is 1. The SMILES string of the molecule is C=CC(=O)Nc1cc(Nc2nccc(-c3cn(C4CC4)c4ccccc34)n2)c(OC)cc1N(C)CCSC. The highest BCUT2D eigenvalue weighted by atomic mass is 32.2. The van der Waals surface area contributed by atoms with E-state index < -0.39 is 0 Å². The molecule has 1 amide bonds. The van der Waals surface area contributed by atoms with Crippen molar-refractivity contribution in [1.82, 2.24) is 14.5 Å². The first-order valence-electron chi connectivity index (χ1n) is 12.6. The maximum Gasteiger partial charge on any atom is 0.247 e. The zero-order chi connectivity index (χ0) is 26.6. The number of aromatic nitrogens is 3. The van der Waals surface area contributed by atoms with E-state index in [2.05, 4.69) is 68.4 Å². The van der Waals surface area contributed by atoms with Crippen LogP contribution in [0.25, 0.3) is 22.2 Å². The molecule has 2 heterocycles. The van der Waals surface area contributed by atoms with E-state index in [-0.39, 0.29) is 5.91 Å². The van der Waals surface area contributed by atoms with Crippen LogP contribution in [0.15, 0.2) is 67.5 Å². The molecule has 0 unspecified atom stereocenters. The van der Waals surface area contributed by atoms with Crippen LogP contribution >= 0.6 is 11.8 Å². The highest BCUT2D eigenvalue weighted by molar-refractivity contribution is 7.98. The molecule has 1 saturated carbocycles. The zero-order valence-corrected chi connectivity index (χ0v) is 22.7. The predicted molar refractivity (Wildman–Crippen MR) is 158 cm³/mol. The van der Waals surface area contributed by atoms with Crippen LogP contribution in [0.4, 0.5) is 23.0 Å². The number of rotatable bonds is 11. The number of amides is 1. The lowest BCUT2D eigenvalue weighted by atomic mass is 10.1. The molecule has 0 bridgehead atoms. The molecule has 2 aromatic carbocycles. The molecule has 9 heteroatoms. The van der Waals surface area contributed by atoms with Gasteiger partial charge >= 0.3 is 0 Å². The molecule has 0 aliphatic heterocycles. The maximum absolute atomic E-state index is 12.2. The molecule has 1 aliphatic carbocycles. The van der Waals surface area contributed by atoms with Crippen LogP contribution in [0.1, 0.15) is 18.9 Å². The van der Waals surface area contributed by atoms with Gasteiger partial charge < -0.3 is 24.8 Å². The van der Waals surface area contributed by atoms with Crippen molar-refractivity contribution >= 4 is 51.6 Å². The van der Waals surface area contributed by atoms with Crippen molar-refractivity contribution in [2.75, 3.05) is 48.2 Å². The van der Waals surface area contributed by atoms with Gasteiger partial charge in [0.1, 0.15) is 5.75 Å². The van der Waals surface area contributed by atoms with Gasteiger partial charge in [-0.2, -0.15) is 11.8 Å². The average molecular weight is 529 g/mol. The second-order valence-corrected chi connectivity index (χ2v) is 10.3. The number of fused-ring (bicyclic) bond motifs is 1. The number of hydrogen-bond donors (Lipinski definition) is 2. The molecular formula is C29H32N6O2S. The Bertz CT molecular complexity index is 1480. The van der Waals surface area contributed by atoms with Crippen LogP contribution in [-0.2, 0) is 4.79 Å². The van der Waals surface area contributed by atoms with Crippen molar-refractivity contribution in [2.45, 2.75) is 18.9 Å². The van der Waals surface area contributed by atoms with Gasteiger partial charge in [0.2, 0.25) is 11.9 Å². The number of ether oxygens (including phenoxy) is 1. The second kappa shape index (κ2) is 11.2. The third kappa shape index (κ3) is 5.33. The van der Waals surface area contributed by atoms with Crippen molar-refractivity contribution in [1.29, 1.82) is 0 Å². The molecule has 38 heavy (non-hydrogen) atoms. The number of carbonyl (C=O) groups is 1. The lowest BCUT2D eigenvalue weighted by Crippen LogP contribution is -2.22. The van der Waals surface area contributed by atoms with Gasteiger partial charge in [0, 0.05) is 60.3 Å². The molecule has 5 rings (SSSR count). The summed E-state index contributed by atoms with van der Waals surface area (Å²) < 4.78 is 8.09. The molecule has 8 nitrogen and oxygen atoms in total. The summed E-state index contributed by atoms with van der Waals surface area (Å²) in [5, 5.41) is 7.41. The molecule has 0 radical (unpaired) electrons. The van der Waals surface area contributed by atoms with Gasteiger partial charge in [-0.05, 0) is 43.4 Å². The van der Waals surface area contributed by atoms with Crippen molar-refractivity contribution in [3.8, 4) is 17.0 Å². The fourth-order valence-electron chi connectivity index (χ4n) is 4.54. The Morgan fingerprint density at radius 3 is 2.82 bits per heavy atom. The molecular weight excluding hydrogens is 496 g/mol. The van der Waals surface area contributed by atoms with Crippen LogP contribution in [-0.4, -0.2) is 53.2 Å². The molecule has 0 saturated heterocycles. The average Bonchev–Trinajstić information content (AvgIpc) is 3.71. The van der Waals surface area contributed by atoms with E-state index in [0.717, 1.165) is 29.2 Å². The van der Waals surface area contributed by atoms with Gasteiger partial charge in [-0.3, -0.25) is 4.79 Å². The Morgan fingerprint density at radius 1 is 1.26 bits per heavy atom. The van der Waals surface area contributed by atoms with Crippen LogP contribution in [0.5, 0.6) is 5.75 Å². The third-order valence-electron chi connectivity index (χ3n) is 6.66. The number of methoxy groups -OCH3 is 1. The summed E-state index contributed by atoms with van der Waals surface area (Å²) in [5.74, 6) is 1.72.